The predicted molar refractivity (Wildman–Crippen MR) is 124 cm³/mol. The number of unbranched alkanes of at least 4 members (excludes halogenated alkanes) is 7. The van der Waals surface area contributed by atoms with E-state index in [-0.39, 0.29) is 0 Å². The summed E-state index contributed by atoms with van der Waals surface area (Å²) in [7, 11) is 0. The van der Waals surface area contributed by atoms with Gasteiger partial charge in [0.1, 0.15) is 0 Å². The fourth-order valence-corrected chi connectivity index (χ4v) is 5.65. The largest absolute Gasteiger partial charge is 0.337 e. The van der Waals surface area contributed by atoms with E-state index >= 15 is 0 Å². The monoisotopic (exact) mass is 393 g/mol. The van der Waals surface area contributed by atoms with E-state index in [0.29, 0.717) is 29.3 Å². The summed E-state index contributed by atoms with van der Waals surface area (Å²) in [6.07, 6.45) is 15.9. The fourth-order valence-electron chi connectivity index (χ4n) is 5.65. The summed E-state index contributed by atoms with van der Waals surface area (Å²) in [6.45, 7) is 16.3. The van der Waals surface area contributed by atoms with Gasteiger partial charge in [-0.3, -0.25) is 4.79 Å². The molecule has 0 saturated heterocycles. The van der Waals surface area contributed by atoms with Crippen molar-refractivity contribution in [2.75, 3.05) is 0 Å². The Hall–Kier alpha value is -0.530. The summed E-state index contributed by atoms with van der Waals surface area (Å²) in [5, 5.41) is 0. The molecule has 0 aromatic heterocycles. The Labute approximate surface area is 177 Å². The number of hydrogen-bond acceptors (Lipinski definition) is 1. The Bertz CT molecular complexity index is 428. The van der Waals surface area contributed by atoms with E-state index in [1.54, 1.807) is 0 Å². The maximum Gasteiger partial charge on any atom is 0.223 e. The normalized spacial score (nSPS) is 23.0. The van der Waals surface area contributed by atoms with E-state index < -0.39 is 0 Å². The molecule has 28 heavy (non-hydrogen) atoms. The van der Waals surface area contributed by atoms with E-state index in [1.165, 1.54) is 64.2 Å². The van der Waals surface area contributed by atoms with Crippen molar-refractivity contribution in [3.05, 3.63) is 0 Å². The van der Waals surface area contributed by atoms with Crippen LogP contribution in [-0.4, -0.2) is 22.9 Å². The number of amides is 1. The highest BCUT2D eigenvalue weighted by Crippen LogP contribution is 2.41. The van der Waals surface area contributed by atoms with E-state index in [4.69, 9.17) is 0 Å². The van der Waals surface area contributed by atoms with Gasteiger partial charge in [0, 0.05) is 18.5 Å². The maximum absolute atomic E-state index is 13.3. The first kappa shape index (κ1) is 25.5. The smallest absolute Gasteiger partial charge is 0.223 e. The van der Waals surface area contributed by atoms with Gasteiger partial charge in [-0.15, -0.1) is 0 Å². The second-order valence-electron chi connectivity index (χ2n) is 11.1. The first-order chi connectivity index (χ1) is 13.2. The van der Waals surface area contributed by atoms with Gasteiger partial charge >= 0.3 is 0 Å². The molecule has 1 aliphatic carbocycles. The van der Waals surface area contributed by atoms with E-state index in [2.05, 4.69) is 53.4 Å². The maximum atomic E-state index is 13.3. The molecule has 0 aromatic rings. The molecule has 0 radical (unpaired) electrons. The topological polar surface area (TPSA) is 20.3 Å². The van der Waals surface area contributed by atoms with Crippen LogP contribution >= 0.6 is 0 Å². The zero-order chi connectivity index (χ0) is 21.2. The quantitative estimate of drug-likeness (QED) is 0.290. The summed E-state index contributed by atoms with van der Waals surface area (Å²) >= 11 is 0. The van der Waals surface area contributed by atoms with Gasteiger partial charge in [-0.2, -0.15) is 0 Å². The van der Waals surface area contributed by atoms with Crippen molar-refractivity contribution in [2.45, 2.75) is 144 Å². The lowest BCUT2D eigenvalue weighted by Gasteiger charge is -2.46. The average molecular weight is 394 g/mol. The van der Waals surface area contributed by atoms with E-state index in [1.807, 2.05) is 0 Å². The summed E-state index contributed by atoms with van der Waals surface area (Å²) in [6, 6.07) is 0.807. The Morgan fingerprint density at radius 1 is 0.964 bits per heavy atom. The zero-order valence-corrected chi connectivity index (χ0v) is 20.4. The number of nitrogens with zero attached hydrogens (tertiary/aromatic N) is 1. The van der Waals surface area contributed by atoms with E-state index in [0.717, 1.165) is 25.2 Å². The van der Waals surface area contributed by atoms with E-state index in [9.17, 15) is 4.79 Å². The molecular weight excluding hydrogens is 342 g/mol. The van der Waals surface area contributed by atoms with Crippen LogP contribution < -0.4 is 0 Å². The molecule has 0 bridgehead atoms. The first-order valence-corrected chi connectivity index (χ1v) is 12.5. The van der Waals surface area contributed by atoms with Gasteiger partial charge in [-0.1, -0.05) is 86.5 Å². The molecule has 2 heteroatoms. The SMILES string of the molecule is CCCCCCCCCCC(=O)N([C@@H]1C[C@H](C)CC(C)(C)C1)[C@@H](C)CC(C)C. The summed E-state index contributed by atoms with van der Waals surface area (Å²) in [5.41, 5.74) is 0.358. The molecule has 1 aliphatic rings. The van der Waals surface area contributed by atoms with Gasteiger partial charge in [0.25, 0.3) is 0 Å². The van der Waals surface area contributed by atoms with Crippen LogP contribution in [0.5, 0.6) is 0 Å². The Morgan fingerprint density at radius 3 is 2.07 bits per heavy atom. The lowest BCUT2D eigenvalue weighted by Crippen LogP contribution is -2.50. The Kier molecular flexibility index (Phi) is 11.8. The molecule has 0 aliphatic heterocycles. The first-order valence-electron chi connectivity index (χ1n) is 12.5. The molecule has 0 heterocycles. The van der Waals surface area contributed by atoms with Gasteiger partial charge in [0.05, 0.1) is 0 Å². The minimum atomic E-state index is 0.358. The average Bonchev–Trinajstić information content (AvgIpc) is 2.55. The number of carbonyl (C=O) groups is 1. The summed E-state index contributed by atoms with van der Waals surface area (Å²) < 4.78 is 0. The minimum absolute atomic E-state index is 0.358. The van der Waals surface area contributed by atoms with Crippen LogP contribution in [0.3, 0.4) is 0 Å². The summed E-state index contributed by atoms with van der Waals surface area (Å²) in [5.74, 6) is 1.79. The standard InChI is InChI=1S/C26H51NO/c1-8-9-10-11-12-13-14-15-16-25(28)27(23(5)17-21(2)3)24-18-22(4)19-26(6,7)20-24/h21-24H,8-20H2,1-7H3/t22-,23-,24+/m0/s1. The molecule has 3 atom stereocenters. The summed E-state index contributed by atoms with van der Waals surface area (Å²) in [4.78, 5) is 15.6. The molecule has 2 nitrogen and oxygen atoms in total. The van der Waals surface area contributed by atoms with Crippen molar-refractivity contribution in [1.29, 1.82) is 0 Å². The number of hydrogen-bond donors (Lipinski definition) is 0. The van der Waals surface area contributed by atoms with Gasteiger partial charge in [0.2, 0.25) is 5.91 Å². The van der Waals surface area contributed by atoms with Gasteiger partial charge in [0.15, 0.2) is 0 Å². The van der Waals surface area contributed by atoms with Crippen LogP contribution in [0.1, 0.15) is 132 Å². The minimum Gasteiger partial charge on any atom is -0.337 e. The number of carbonyl (C=O) groups excluding carboxylic acids is 1. The molecule has 0 aromatic carbocycles. The third-order valence-electron chi connectivity index (χ3n) is 6.58. The second-order valence-corrected chi connectivity index (χ2v) is 11.1. The third kappa shape index (κ3) is 9.79. The molecule has 0 N–H and O–H groups in total. The predicted octanol–water partition coefficient (Wildman–Crippen LogP) is 8.00. The third-order valence-corrected chi connectivity index (χ3v) is 6.58. The Morgan fingerprint density at radius 2 is 1.54 bits per heavy atom. The van der Waals surface area contributed by atoms with Gasteiger partial charge in [-0.25, -0.2) is 0 Å². The van der Waals surface area contributed by atoms with Crippen LogP contribution in [0, 0.1) is 17.3 Å². The highest BCUT2D eigenvalue weighted by atomic mass is 16.2. The van der Waals surface area contributed by atoms with Crippen molar-refractivity contribution in [2.24, 2.45) is 17.3 Å². The second kappa shape index (κ2) is 12.9. The van der Waals surface area contributed by atoms with Crippen LogP contribution in [0.25, 0.3) is 0 Å². The van der Waals surface area contributed by atoms with Crippen molar-refractivity contribution < 1.29 is 4.79 Å². The van der Waals surface area contributed by atoms with Crippen LogP contribution in [0.2, 0.25) is 0 Å². The highest BCUT2D eigenvalue weighted by Gasteiger charge is 2.38. The fraction of sp³-hybridized carbons (Fsp3) is 0.962. The van der Waals surface area contributed by atoms with Crippen LogP contribution in [0.4, 0.5) is 0 Å². The van der Waals surface area contributed by atoms with Crippen molar-refractivity contribution in [3.63, 3.8) is 0 Å². The lowest BCUT2D eigenvalue weighted by atomic mass is 9.70. The van der Waals surface area contributed by atoms with Crippen LogP contribution in [0.15, 0.2) is 0 Å². The lowest BCUT2D eigenvalue weighted by molar-refractivity contribution is -0.138. The molecule has 0 spiro atoms. The molecule has 1 amide bonds. The number of rotatable bonds is 13. The molecule has 1 fully saturated rings. The Balaban J connectivity index is 2.58. The molecule has 1 rings (SSSR count). The van der Waals surface area contributed by atoms with Crippen molar-refractivity contribution in [1.82, 2.24) is 4.90 Å². The zero-order valence-electron chi connectivity index (χ0n) is 20.4. The van der Waals surface area contributed by atoms with Crippen molar-refractivity contribution >= 4 is 5.91 Å². The highest BCUT2D eigenvalue weighted by molar-refractivity contribution is 5.76. The molecular formula is C26H51NO. The van der Waals surface area contributed by atoms with Crippen LogP contribution in [-0.2, 0) is 4.79 Å². The van der Waals surface area contributed by atoms with Gasteiger partial charge in [-0.05, 0) is 56.3 Å². The van der Waals surface area contributed by atoms with Gasteiger partial charge < -0.3 is 4.90 Å². The molecule has 0 unspecified atom stereocenters. The molecule has 166 valence electrons. The molecule has 1 saturated carbocycles. The van der Waals surface area contributed by atoms with Crippen molar-refractivity contribution in [3.8, 4) is 0 Å².